The van der Waals surface area contributed by atoms with Gasteiger partial charge in [-0.05, 0) is 50.1 Å². The summed E-state index contributed by atoms with van der Waals surface area (Å²) >= 11 is 0. The van der Waals surface area contributed by atoms with E-state index in [1.54, 1.807) is 30.6 Å². The Hall–Kier alpha value is -2.60. The number of ether oxygens (including phenoxy) is 2. The SMILES string of the molecule is CCOc1cc(C(=O)NC2CNCCC2C)ccc1OCc1cccnc1. The Morgan fingerprint density at radius 1 is 1.30 bits per heavy atom. The van der Waals surface area contributed by atoms with Crippen LogP contribution in [0.15, 0.2) is 42.7 Å². The molecule has 2 heterocycles. The Morgan fingerprint density at radius 3 is 2.93 bits per heavy atom. The van der Waals surface area contributed by atoms with Crippen molar-refractivity contribution in [3.63, 3.8) is 0 Å². The molecule has 1 aliphatic rings. The minimum atomic E-state index is -0.0877. The van der Waals surface area contributed by atoms with Gasteiger partial charge in [0, 0.05) is 36.1 Å². The first-order valence-electron chi connectivity index (χ1n) is 9.47. The van der Waals surface area contributed by atoms with E-state index in [1.165, 1.54) is 0 Å². The van der Waals surface area contributed by atoms with Crippen LogP contribution in [0.1, 0.15) is 36.2 Å². The molecule has 0 saturated carbocycles. The number of pyridine rings is 1. The second-order valence-electron chi connectivity index (χ2n) is 6.79. The van der Waals surface area contributed by atoms with Gasteiger partial charge < -0.3 is 20.1 Å². The Morgan fingerprint density at radius 2 is 2.19 bits per heavy atom. The lowest BCUT2D eigenvalue weighted by Gasteiger charge is -2.30. The van der Waals surface area contributed by atoms with E-state index < -0.39 is 0 Å². The van der Waals surface area contributed by atoms with Gasteiger partial charge in [0.1, 0.15) is 6.61 Å². The van der Waals surface area contributed by atoms with Crippen LogP contribution in [0.3, 0.4) is 0 Å². The highest BCUT2D eigenvalue weighted by molar-refractivity contribution is 5.95. The molecule has 2 aromatic rings. The zero-order valence-corrected chi connectivity index (χ0v) is 15.9. The van der Waals surface area contributed by atoms with Gasteiger partial charge in [0.25, 0.3) is 5.91 Å². The van der Waals surface area contributed by atoms with Crippen molar-refractivity contribution in [1.29, 1.82) is 0 Å². The van der Waals surface area contributed by atoms with Crippen LogP contribution < -0.4 is 20.1 Å². The van der Waals surface area contributed by atoms with Crippen molar-refractivity contribution in [3.8, 4) is 11.5 Å². The number of amides is 1. The van der Waals surface area contributed by atoms with Crippen LogP contribution in [0.4, 0.5) is 0 Å². The van der Waals surface area contributed by atoms with Crippen LogP contribution in [-0.4, -0.2) is 36.6 Å². The van der Waals surface area contributed by atoms with Gasteiger partial charge in [-0.2, -0.15) is 0 Å². The van der Waals surface area contributed by atoms with E-state index in [1.807, 2.05) is 19.1 Å². The molecule has 1 amide bonds. The quantitative estimate of drug-likeness (QED) is 0.785. The Bertz CT molecular complexity index is 752. The normalized spacial score (nSPS) is 19.3. The van der Waals surface area contributed by atoms with E-state index in [0.29, 0.717) is 36.2 Å². The van der Waals surface area contributed by atoms with Gasteiger partial charge in [0.2, 0.25) is 0 Å². The highest BCUT2D eigenvalue weighted by Crippen LogP contribution is 2.29. The molecule has 6 nitrogen and oxygen atoms in total. The van der Waals surface area contributed by atoms with Crippen molar-refractivity contribution in [1.82, 2.24) is 15.6 Å². The van der Waals surface area contributed by atoms with E-state index in [9.17, 15) is 4.79 Å². The minimum Gasteiger partial charge on any atom is -0.490 e. The lowest BCUT2D eigenvalue weighted by atomic mass is 9.94. The fourth-order valence-electron chi connectivity index (χ4n) is 3.12. The Labute approximate surface area is 160 Å². The first kappa shape index (κ1) is 19.2. The van der Waals surface area contributed by atoms with Gasteiger partial charge >= 0.3 is 0 Å². The molecule has 0 radical (unpaired) electrons. The Kier molecular flexibility index (Phi) is 6.65. The molecule has 2 unspecified atom stereocenters. The third kappa shape index (κ3) is 5.20. The van der Waals surface area contributed by atoms with E-state index >= 15 is 0 Å². The maximum Gasteiger partial charge on any atom is 0.251 e. The molecular formula is C21H27N3O3. The molecule has 6 heteroatoms. The fraction of sp³-hybridized carbons (Fsp3) is 0.429. The van der Waals surface area contributed by atoms with E-state index in [4.69, 9.17) is 9.47 Å². The number of carbonyl (C=O) groups excluding carboxylic acids is 1. The smallest absolute Gasteiger partial charge is 0.251 e. The number of benzene rings is 1. The van der Waals surface area contributed by atoms with Crippen LogP contribution in [-0.2, 0) is 6.61 Å². The van der Waals surface area contributed by atoms with Crippen LogP contribution in [0.5, 0.6) is 11.5 Å². The molecule has 0 bridgehead atoms. The maximum absolute atomic E-state index is 12.7. The van der Waals surface area contributed by atoms with Gasteiger partial charge in [0.15, 0.2) is 11.5 Å². The number of rotatable bonds is 7. The molecule has 1 aromatic heterocycles. The van der Waals surface area contributed by atoms with Gasteiger partial charge in [-0.25, -0.2) is 0 Å². The zero-order chi connectivity index (χ0) is 19.1. The number of nitrogens with zero attached hydrogens (tertiary/aromatic N) is 1. The molecule has 3 rings (SSSR count). The van der Waals surface area contributed by atoms with Gasteiger partial charge in [-0.1, -0.05) is 13.0 Å². The van der Waals surface area contributed by atoms with Gasteiger partial charge in [-0.15, -0.1) is 0 Å². The lowest BCUT2D eigenvalue weighted by molar-refractivity contribution is 0.0914. The number of hydrogen-bond donors (Lipinski definition) is 2. The molecule has 2 atom stereocenters. The molecule has 1 fully saturated rings. The number of carbonyl (C=O) groups is 1. The molecular weight excluding hydrogens is 342 g/mol. The monoisotopic (exact) mass is 369 g/mol. The van der Waals surface area contributed by atoms with Crippen molar-refractivity contribution >= 4 is 5.91 Å². The van der Waals surface area contributed by atoms with Crippen LogP contribution in [0.25, 0.3) is 0 Å². The largest absolute Gasteiger partial charge is 0.490 e. The number of piperidine rings is 1. The second kappa shape index (κ2) is 9.37. The van der Waals surface area contributed by atoms with Gasteiger partial charge in [-0.3, -0.25) is 9.78 Å². The number of aromatic nitrogens is 1. The molecule has 1 aliphatic heterocycles. The fourth-order valence-corrected chi connectivity index (χ4v) is 3.12. The highest BCUT2D eigenvalue weighted by atomic mass is 16.5. The highest BCUT2D eigenvalue weighted by Gasteiger charge is 2.23. The van der Waals surface area contributed by atoms with Crippen molar-refractivity contribution in [2.24, 2.45) is 5.92 Å². The summed E-state index contributed by atoms with van der Waals surface area (Å²) < 4.78 is 11.6. The summed E-state index contributed by atoms with van der Waals surface area (Å²) in [5, 5.41) is 6.46. The zero-order valence-electron chi connectivity index (χ0n) is 15.9. The van der Waals surface area contributed by atoms with Crippen LogP contribution in [0, 0.1) is 5.92 Å². The third-order valence-corrected chi connectivity index (χ3v) is 4.77. The summed E-state index contributed by atoms with van der Waals surface area (Å²) in [6, 6.07) is 9.28. The predicted octanol–water partition coefficient (Wildman–Crippen LogP) is 2.79. The standard InChI is InChI=1S/C21H27N3O3/c1-3-26-20-11-17(21(25)24-18-13-23-10-8-15(18)2)6-7-19(20)27-14-16-5-4-9-22-12-16/h4-7,9,11-12,15,18,23H,3,8,10,13-14H2,1-2H3,(H,24,25). The topological polar surface area (TPSA) is 72.5 Å². The summed E-state index contributed by atoms with van der Waals surface area (Å²) in [6.07, 6.45) is 4.56. The lowest BCUT2D eigenvalue weighted by Crippen LogP contribution is -2.50. The maximum atomic E-state index is 12.7. The summed E-state index contributed by atoms with van der Waals surface area (Å²) in [4.78, 5) is 16.7. The van der Waals surface area contributed by atoms with Crippen molar-refractivity contribution in [2.45, 2.75) is 32.9 Å². The van der Waals surface area contributed by atoms with E-state index in [0.717, 1.165) is 25.1 Å². The molecule has 27 heavy (non-hydrogen) atoms. The predicted molar refractivity (Wildman–Crippen MR) is 104 cm³/mol. The molecule has 1 saturated heterocycles. The van der Waals surface area contributed by atoms with Gasteiger partial charge in [0.05, 0.1) is 6.61 Å². The first-order chi connectivity index (χ1) is 13.2. The second-order valence-corrected chi connectivity index (χ2v) is 6.79. The average molecular weight is 369 g/mol. The number of hydrogen-bond acceptors (Lipinski definition) is 5. The summed E-state index contributed by atoms with van der Waals surface area (Å²) in [5.41, 5.74) is 1.55. The minimum absolute atomic E-state index is 0.0877. The van der Waals surface area contributed by atoms with Crippen LogP contribution in [0.2, 0.25) is 0 Å². The number of nitrogens with one attached hydrogen (secondary N) is 2. The molecule has 2 N–H and O–H groups in total. The van der Waals surface area contributed by atoms with Crippen LogP contribution >= 0.6 is 0 Å². The van der Waals surface area contributed by atoms with Crippen molar-refractivity contribution in [3.05, 3.63) is 53.9 Å². The molecule has 144 valence electrons. The van der Waals surface area contributed by atoms with Crippen molar-refractivity contribution < 1.29 is 14.3 Å². The first-order valence-corrected chi connectivity index (χ1v) is 9.47. The summed E-state index contributed by atoms with van der Waals surface area (Å²) in [7, 11) is 0. The summed E-state index contributed by atoms with van der Waals surface area (Å²) in [6.45, 7) is 6.78. The Balaban J connectivity index is 1.69. The summed E-state index contributed by atoms with van der Waals surface area (Å²) in [5.74, 6) is 1.56. The molecule has 0 aliphatic carbocycles. The molecule has 0 spiro atoms. The van der Waals surface area contributed by atoms with Crippen molar-refractivity contribution in [2.75, 3.05) is 19.7 Å². The van der Waals surface area contributed by atoms with E-state index in [2.05, 4.69) is 22.5 Å². The molecule has 1 aromatic carbocycles. The third-order valence-electron chi connectivity index (χ3n) is 4.77. The van der Waals surface area contributed by atoms with E-state index in [-0.39, 0.29) is 11.9 Å². The average Bonchev–Trinajstić information content (AvgIpc) is 2.69.